The zero-order valence-corrected chi connectivity index (χ0v) is 17.1. The minimum atomic E-state index is -3.52. The summed E-state index contributed by atoms with van der Waals surface area (Å²) in [5, 5.41) is 0. The van der Waals surface area contributed by atoms with Gasteiger partial charge in [-0.05, 0) is 19.3 Å². The van der Waals surface area contributed by atoms with E-state index in [-0.39, 0.29) is 0 Å². The first-order chi connectivity index (χ1) is 12.3. The minimum absolute atomic E-state index is 0.402. The molecule has 0 spiro atoms. The number of unbranched alkanes of at least 4 members (excludes halogenated alkanes) is 10. The summed E-state index contributed by atoms with van der Waals surface area (Å²) in [7, 11) is -3.52. The molecule has 25 heavy (non-hydrogen) atoms. The number of hydrogen-bond acceptors (Lipinski definition) is 5. The highest BCUT2D eigenvalue weighted by atomic mass is 31.2. The van der Waals surface area contributed by atoms with Gasteiger partial charge in [0.05, 0.1) is 19.8 Å². The third kappa shape index (κ3) is 13.9. The normalized spacial score (nSPS) is 18.4. The predicted molar refractivity (Wildman–Crippen MR) is 101 cm³/mol. The van der Waals surface area contributed by atoms with Gasteiger partial charge in [-0.3, -0.25) is 9.05 Å². The Morgan fingerprint density at radius 2 is 1.20 bits per heavy atom. The molecule has 0 aromatic rings. The second-order valence-corrected chi connectivity index (χ2v) is 8.52. The van der Waals surface area contributed by atoms with E-state index in [1.54, 1.807) is 0 Å². The molecule has 0 unspecified atom stereocenters. The molecule has 1 heterocycles. The molecule has 1 aliphatic rings. The average Bonchev–Trinajstić information content (AvgIpc) is 2.71. The summed E-state index contributed by atoms with van der Waals surface area (Å²) in [6, 6.07) is 0. The summed E-state index contributed by atoms with van der Waals surface area (Å²) >= 11 is 0. The fourth-order valence-corrected chi connectivity index (χ4v) is 3.99. The second-order valence-electron chi connectivity index (χ2n) is 6.96. The van der Waals surface area contributed by atoms with Gasteiger partial charge in [0, 0.05) is 0 Å². The highest BCUT2D eigenvalue weighted by Crippen LogP contribution is 2.50. The molecule has 0 saturated carbocycles. The lowest BCUT2D eigenvalue weighted by molar-refractivity contribution is -0.227. The SMILES string of the molecule is CCCCCCCCCCCCCOOP1(=O)OCCCCCCO1. The van der Waals surface area contributed by atoms with Crippen LogP contribution in [0.5, 0.6) is 0 Å². The van der Waals surface area contributed by atoms with Crippen molar-refractivity contribution >= 4 is 7.82 Å². The van der Waals surface area contributed by atoms with Gasteiger partial charge in [0.15, 0.2) is 0 Å². The minimum Gasteiger partial charge on any atom is -0.285 e. The maximum atomic E-state index is 12.3. The number of phosphoric acid groups is 1. The molecule has 6 heteroatoms. The Bertz CT molecular complexity index is 324. The third-order valence-electron chi connectivity index (χ3n) is 4.51. The number of phosphoric ester groups is 1. The van der Waals surface area contributed by atoms with E-state index in [0.717, 1.165) is 38.5 Å². The zero-order chi connectivity index (χ0) is 18.1. The first-order valence-electron chi connectivity index (χ1n) is 10.5. The van der Waals surface area contributed by atoms with Gasteiger partial charge in [-0.25, -0.2) is 9.45 Å². The van der Waals surface area contributed by atoms with Crippen molar-refractivity contribution < 1.29 is 23.2 Å². The molecule has 150 valence electrons. The fraction of sp³-hybridized carbons (Fsp3) is 1.00. The van der Waals surface area contributed by atoms with Crippen molar-refractivity contribution in [1.29, 1.82) is 0 Å². The highest BCUT2D eigenvalue weighted by Gasteiger charge is 2.28. The van der Waals surface area contributed by atoms with Gasteiger partial charge in [-0.2, -0.15) is 0 Å². The second kappa shape index (κ2) is 16.3. The molecular formula is C19H39O5P. The molecule has 1 saturated heterocycles. The van der Waals surface area contributed by atoms with Crippen molar-refractivity contribution in [3.63, 3.8) is 0 Å². The van der Waals surface area contributed by atoms with Crippen LogP contribution in [-0.4, -0.2) is 19.8 Å². The molecule has 0 N–H and O–H groups in total. The van der Waals surface area contributed by atoms with Gasteiger partial charge in [0.25, 0.3) is 0 Å². The van der Waals surface area contributed by atoms with Gasteiger partial charge in [-0.1, -0.05) is 84.0 Å². The smallest absolute Gasteiger partial charge is 0.285 e. The molecule has 0 radical (unpaired) electrons. The first kappa shape index (κ1) is 23.1. The van der Waals surface area contributed by atoms with Gasteiger partial charge in [-0.15, -0.1) is 4.67 Å². The van der Waals surface area contributed by atoms with Crippen LogP contribution in [0.4, 0.5) is 0 Å². The summed E-state index contributed by atoms with van der Waals surface area (Å²) < 4.78 is 27.7. The summed E-state index contributed by atoms with van der Waals surface area (Å²) in [6.07, 6.45) is 18.0. The molecule has 1 aliphatic heterocycles. The van der Waals surface area contributed by atoms with Crippen LogP contribution in [0.3, 0.4) is 0 Å². The molecule has 0 aliphatic carbocycles. The van der Waals surface area contributed by atoms with Crippen LogP contribution in [0.25, 0.3) is 0 Å². The maximum Gasteiger partial charge on any atom is 0.502 e. The van der Waals surface area contributed by atoms with Crippen LogP contribution in [0.1, 0.15) is 103 Å². The molecule has 5 nitrogen and oxygen atoms in total. The molecule has 1 fully saturated rings. The van der Waals surface area contributed by atoms with Gasteiger partial charge < -0.3 is 0 Å². The Morgan fingerprint density at radius 3 is 1.72 bits per heavy atom. The Labute approximate surface area is 154 Å². The Morgan fingerprint density at radius 1 is 0.720 bits per heavy atom. The molecule has 0 aromatic carbocycles. The third-order valence-corrected chi connectivity index (χ3v) is 5.80. The van der Waals surface area contributed by atoms with Crippen molar-refractivity contribution in [1.82, 2.24) is 0 Å². The molecule has 0 bridgehead atoms. The Kier molecular flexibility index (Phi) is 15.0. The average molecular weight is 378 g/mol. The zero-order valence-electron chi connectivity index (χ0n) is 16.2. The van der Waals surface area contributed by atoms with E-state index in [4.69, 9.17) is 18.6 Å². The maximum absolute atomic E-state index is 12.3. The lowest BCUT2D eigenvalue weighted by Gasteiger charge is -2.15. The van der Waals surface area contributed by atoms with Crippen LogP contribution >= 0.6 is 7.82 Å². The summed E-state index contributed by atoms with van der Waals surface area (Å²) in [5.74, 6) is 0. The first-order valence-corrected chi connectivity index (χ1v) is 11.9. The largest absolute Gasteiger partial charge is 0.502 e. The van der Waals surface area contributed by atoms with Crippen LogP contribution in [-0.2, 0) is 23.2 Å². The van der Waals surface area contributed by atoms with Crippen LogP contribution in [0.15, 0.2) is 0 Å². The molecule has 0 aromatic heterocycles. The fourth-order valence-electron chi connectivity index (χ4n) is 2.92. The topological polar surface area (TPSA) is 54.0 Å². The van der Waals surface area contributed by atoms with E-state index in [0.29, 0.717) is 19.8 Å². The van der Waals surface area contributed by atoms with Crippen LogP contribution in [0.2, 0.25) is 0 Å². The lowest BCUT2D eigenvalue weighted by Crippen LogP contribution is -2.03. The van der Waals surface area contributed by atoms with Crippen molar-refractivity contribution in [3.05, 3.63) is 0 Å². The summed E-state index contributed by atoms with van der Waals surface area (Å²) in [4.78, 5) is 5.08. The quantitative estimate of drug-likeness (QED) is 0.141. The Hall–Kier alpha value is 0.0700. The Balaban J connectivity index is 1.89. The van der Waals surface area contributed by atoms with Crippen molar-refractivity contribution in [2.24, 2.45) is 0 Å². The van der Waals surface area contributed by atoms with Gasteiger partial charge >= 0.3 is 7.82 Å². The number of hydrogen-bond donors (Lipinski definition) is 0. The summed E-state index contributed by atoms with van der Waals surface area (Å²) in [5.41, 5.74) is 0. The van der Waals surface area contributed by atoms with Crippen molar-refractivity contribution in [3.8, 4) is 0 Å². The standard InChI is InChI=1S/C19H39O5P/c1-2-3-4-5-6-7-8-9-10-11-14-17-21-24-25(20)22-18-15-12-13-16-19-23-25/h2-19H2,1H3. The summed E-state index contributed by atoms with van der Waals surface area (Å²) in [6.45, 7) is 3.50. The number of rotatable bonds is 14. The highest BCUT2D eigenvalue weighted by molar-refractivity contribution is 7.48. The van der Waals surface area contributed by atoms with Crippen molar-refractivity contribution in [2.75, 3.05) is 19.8 Å². The van der Waals surface area contributed by atoms with E-state index in [1.165, 1.54) is 57.8 Å². The molecule has 0 atom stereocenters. The molecule has 1 rings (SSSR count). The van der Waals surface area contributed by atoms with Crippen molar-refractivity contribution in [2.45, 2.75) is 103 Å². The van der Waals surface area contributed by atoms with Gasteiger partial charge in [0.2, 0.25) is 0 Å². The van der Waals surface area contributed by atoms with Crippen LogP contribution in [0, 0.1) is 0 Å². The van der Waals surface area contributed by atoms with E-state index in [2.05, 4.69) is 6.92 Å². The van der Waals surface area contributed by atoms with Crippen LogP contribution < -0.4 is 0 Å². The molecular weight excluding hydrogens is 339 g/mol. The van der Waals surface area contributed by atoms with E-state index < -0.39 is 7.82 Å². The lowest BCUT2D eigenvalue weighted by atomic mass is 10.1. The van der Waals surface area contributed by atoms with Gasteiger partial charge in [0.1, 0.15) is 0 Å². The molecule has 0 amide bonds. The van der Waals surface area contributed by atoms with E-state index in [1.807, 2.05) is 0 Å². The van der Waals surface area contributed by atoms with E-state index >= 15 is 0 Å². The monoisotopic (exact) mass is 378 g/mol. The predicted octanol–water partition coefficient (Wildman–Crippen LogP) is 6.96. The van der Waals surface area contributed by atoms with E-state index in [9.17, 15) is 4.57 Å².